The Bertz CT molecular complexity index is 629. The lowest BCUT2D eigenvalue weighted by molar-refractivity contribution is -0.140. The Morgan fingerprint density at radius 2 is 2.11 bits per heavy atom. The van der Waals surface area contributed by atoms with Crippen molar-refractivity contribution in [2.75, 3.05) is 0 Å². The predicted molar refractivity (Wildman–Crippen MR) is 64.3 cm³/mol. The monoisotopic (exact) mass is 267 g/mol. The molecule has 1 aromatic heterocycles. The first-order valence-corrected chi connectivity index (χ1v) is 5.95. The van der Waals surface area contributed by atoms with Crippen LogP contribution in [0.3, 0.4) is 0 Å². The summed E-state index contributed by atoms with van der Waals surface area (Å²) in [5.74, 6) is 0.386. The van der Waals surface area contributed by atoms with Crippen molar-refractivity contribution >= 4 is 0 Å². The maximum atomic E-state index is 12.7. The molecule has 0 bridgehead atoms. The molecule has 2 N–H and O–H groups in total. The van der Waals surface area contributed by atoms with Gasteiger partial charge < -0.3 is 10.3 Å². The van der Waals surface area contributed by atoms with Crippen LogP contribution in [0.5, 0.6) is 0 Å². The highest BCUT2D eigenvalue weighted by Crippen LogP contribution is 2.34. The van der Waals surface area contributed by atoms with E-state index in [-0.39, 0.29) is 0 Å². The molecule has 0 fully saturated rings. The van der Waals surface area contributed by atoms with Gasteiger partial charge >= 0.3 is 6.18 Å². The number of alkyl halides is 3. The maximum Gasteiger partial charge on any atom is 0.434 e. The fraction of sp³-hybridized carbons (Fsp3) is 0.308. The standard InChI is InChI=1S/C13H12F3N3/c14-13(15,16)11-7-19-4-3-9-5-8(6-17)1-2-10(9)12(19)18-11/h1-2,5,7H,3-4,6,17H2. The summed E-state index contributed by atoms with van der Waals surface area (Å²) in [6, 6.07) is 5.58. The second-order valence-electron chi connectivity index (χ2n) is 4.59. The number of nitrogens with zero attached hydrogens (tertiary/aromatic N) is 2. The molecular formula is C13H12F3N3. The Hall–Kier alpha value is -1.82. The summed E-state index contributed by atoms with van der Waals surface area (Å²) in [7, 11) is 0. The van der Waals surface area contributed by atoms with Gasteiger partial charge in [0, 0.05) is 24.8 Å². The number of fused-ring (bicyclic) bond motifs is 3. The van der Waals surface area contributed by atoms with Crippen molar-refractivity contribution in [2.45, 2.75) is 25.7 Å². The topological polar surface area (TPSA) is 43.8 Å². The van der Waals surface area contributed by atoms with Crippen molar-refractivity contribution in [3.05, 3.63) is 41.2 Å². The van der Waals surface area contributed by atoms with Crippen LogP contribution in [-0.4, -0.2) is 9.55 Å². The van der Waals surface area contributed by atoms with Gasteiger partial charge in [0.05, 0.1) is 0 Å². The first-order chi connectivity index (χ1) is 8.99. The van der Waals surface area contributed by atoms with Gasteiger partial charge in [0.1, 0.15) is 5.82 Å². The average Bonchev–Trinajstić information content (AvgIpc) is 2.82. The first kappa shape index (κ1) is 12.2. The van der Waals surface area contributed by atoms with Gasteiger partial charge in [-0.2, -0.15) is 13.2 Å². The van der Waals surface area contributed by atoms with Crippen LogP contribution in [0.1, 0.15) is 16.8 Å². The van der Waals surface area contributed by atoms with Crippen LogP contribution in [0.4, 0.5) is 13.2 Å². The third-order valence-electron chi connectivity index (χ3n) is 3.34. The Morgan fingerprint density at radius 3 is 2.79 bits per heavy atom. The number of hydrogen-bond acceptors (Lipinski definition) is 2. The zero-order chi connectivity index (χ0) is 13.6. The molecule has 0 aliphatic carbocycles. The lowest BCUT2D eigenvalue weighted by Crippen LogP contribution is -2.11. The van der Waals surface area contributed by atoms with E-state index >= 15 is 0 Å². The molecule has 1 aliphatic heterocycles. The fourth-order valence-electron chi connectivity index (χ4n) is 2.38. The molecule has 2 heterocycles. The number of nitrogens with two attached hydrogens (primary N) is 1. The van der Waals surface area contributed by atoms with Gasteiger partial charge in [0.2, 0.25) is 0 Å². The highest BCUT2D eigenvalue weighted by Gasteiger charge is 2.35. The number of hydrogen-bond donors (Lipinski definition) is 1. The molecule has 3 rings (SSSR count). The molecule has 0 saturated heterocycles. The van der Waals surface area contributed by atoms with Gasteiger partial charge in [-0.3, -0.25) is 0 Å². The Kier molecular flexibility index (Phi) is 2.63. The molecule has 0 radical (unpaired) electrons. The van der Waals surface area contributed by atoms with E-state index in [1.165, 1.54) is 0 Å². The van der Waals surface area contributed by atoms with Crippen LogP contribution >= 0.6 is 0 Å². The molecule has 3 nitrogen and oxygen atoms in total. The molecule has 0 atom stereocenters. The second-order valence-corrected chi connectivity index (χ2v) is 4.59. The largest absolute Gasteiger partial charge is 0.434 e. The minimum absolute atomic E-state index is 0.386. The molecule has 6 heteroatoms. The zero-order valence-electron chi connectivity index (χ0n) is 10.0. The fourth-order valence-corrected chi connectivity index (χ4v) is 2.38. The van der Waals surface area contributed by atoms with E-state index in [2.05, 4.69) is 4.98 Å². The van der Waals surface area contributed by atoms with Crippen LogP contribution in [0.2, 0.25) is 0 Å². The van der Waals surface area contributed by atoms with Crippen molar-refractivity contribution < 1.29 is 13.2 Å². The lowest BCUT2D eigenvalue weighted by Gasteiger charge is -2.18. The van der Waals surface area contributed by atoms with Gasteiger partial charge in [-0.15, -0.1) is 0 Å². The van der Waals surface area contributed by atoms with Crippen molar-refractivity contribution in [1.82, 2.24) is 9.55 Å². The predicted octanol–water partition coefficient (Wildman–Crippen LogP) is 2.58. The summed E-state index contributed by atoms with van der Waals surface area (Å²) < 4.78 is 39.6. The number of imidazole rings is 1. The molecule has 0 amide bonds. The van der Waals surface area contributed by atoms with E-state index in [1.54, 1.807) is 10.6 Å². The summed E-state index contributed by atoms with van der Waals surface area (Å²) in [6.07, 6.45) is -2.62. The number of aromatic nitrogens is 2. The molecule has 1 aromatic carbocycles. The Morgan fingerprint density at radius 1 is 1.32 bits per heavy atom. The van der Waals surface area contributed by atoms with E-state index < -0.39 is 11.9 Å². The third kappa shape index (κ3) is 2.02. The smallest absolute Gasteiger partial charge is 0.330 e. The van der Waals surface area contributed by atoms with Crippen molar-refractivity contribution in [2.24, 2.45) is 5.73 Å². The maximum absolute atomic E-state index is 12.7. The third-order valence-corrected chi connectivity index (χ3v) is 3.34. The molecule has 1 aliphatic rings. The van der Waals surface area contributed by atoms with Gasteiger partial charge in [0.15, 0.2) is 5.69 Å². The molecular weight excluding hydrogens is 255 g/mol. The van der Waals surface area contributed by atoms with Crippen LogP contribution in [0, 0.1) is 0 Å². The Labute approximate surface area is 107 Å². The zero-order valence-corrected chi connectivity index (χ0v) is 10.0. The van der Waals surface area contributed by atoms with E-state index in [1.807, 2.05) is 12.1 Å². The van der Waals surface area contributed by atoms with Gasteiger partial charge in [-0.25, -0.2) is 4.98 Å². The summed E-state index contributed by atoms with van der Waals surface area (Å²) in [4.78, 5) is 3.73. The van der Waals surface area contributed by atoms with Crippen molar-refractivity contribution in [1.29, 1.82) is 0 Å². The molecule has 0 saturated carbocycles. The van der Waals surface area contributed by atoms with Gasteiger partial charge in [0.25, 0.3) is 0 Å². The molecule has 100 valence electrons. The average molecular weight is 267 g/mol. The summed E-state index contributed by atoms with van der Waals surface area (Å²) in [5.41, 5.74) is 7.49. The van der Waals surface area contributed by atoms with Gasteiger partial charge in [-0.05, 0) is 17.5 Å². The van der Waals surface area contributed by atoms with Crippen LogP contribution in [0.25, 0.3) is 11.4 Å². The van der Waals surface area contributed by atoms with Crippen LogP contribution in [-0.2, 0) is 25.7 Å². The van der Waals surface area contributed by atoms with Crippen molar-refractivity contribution in [3.63, 3.8) is 0 Å². The van der Waals surface area contributed by atoms with E-state index in [0.29, 0.717) is 25.3 Å². The SMILES string of the molecule is NCc1ccc2c(c1)CCn1cc(C(F)(F)F)nc1-2. The van der Waals surface area contributed by atoms with Gasteiger partial charge in [-0.1, -0.05) is 18.2 Å². The number of benzene rings is 1. The highest BCUT2D eigenvalue weighted by molar-refractivity contribution is 5.63. The normalized spacial score (nSPS) is 14.1. The number of aryl methyl sites for hydroxylation is 2. The number of halogens is 3. The molecule has 0 spiro atoms. The first-order valence-electron chi connectivity index (χ1n) is 5.95. The lowest BCUT2D eigenvalue weighted by atomic mass is 9.98. The highest BCUT2D eigenvalue weighted by atomic mass is 19.4. The second kappa shape index (κ2) is 4.09. The minimum atomic E-state index is -4.40. The van der Waals surface area contributed by atoms with Crippen molar-refractivity contribution in [3.8, 4) is 11.4 Å². The van der Waals surface area contributed by atoms with E-state index in [4.69, 9.17) is 5.73 Å². The summed E-state index contributed by atoms with van der Waals surface area (Å²) >= 11 is 0. The summed E-state index contributed by atoms with van der Waals surface area (Å²) in [5, 5.41) is 0. The quantitative estimate of drug-likeness (QED) is 0.863. The van der Waals surface area contributed by atoms with Crippen LogP contribution in [0.15, 0.2) is 24.4 Å². The Balaban J connectivity index is 2.11. The minimum Gasteiger partial charge on any atom is -0.330 e. The van der Waals surface area contributed by atoms with Crippen LogP contribution < -0.4 is 5.73 Å². The summed E-state index contributed by atoms with van der Waals surface area (Å²) in [6.45, 7) is 0.939. The van der Waals surface area contributed by atoms with E-state index in [0.717, 1.165) is 22.9 Å². The molecule has 0 unspecified atom stereocenters. The molecule has 2 aromatic rings. The number of rotatable bonds is 1. The van der Waals surface area contributed by atoms with E-state index in [9.17, 15) is 13.2 Å². The molecule has 19 heavy (non-hydrogen) atoms.